The van der Waals surface area contributed by atoms with Crippen LogP contribution in [0.3, 0.4) is 0 Å². The first-order chi connectivity index (χ1) is 16.1. The van der Waals surface area contributed by atoms with Crippen LogP contribution in [0.4, 0.5) is 5.69 Å². The summed E-state index contributed by atoms with van der Waals surface area (Å²) in [5.41, 5.74) is 2.79. The second-order valence-corrected chi connectivity index (χ2v) is 8.77. The lowest BCUT2D eigenvalue weighted by atomic mass is 9.94. The lowest BCUT2D eigenvalue weighted by Gasteiger charge is -2.35. The van der Waals surface area contributed by atoms with Crippen LogP contribution < -0.4 is 10.2 Å². The molecule has 6 nitrogen and oxygen atoms in total. The molecule has 0 atom stereocenters. The molecule has 33 heavy (non-hydrogen) atoms. The number of nitrogens with one attached hydrogen (secondary N) is 1. The third-order valence-corrected chi connectivity index (χ3v) is 6.60. The van der Waals surface area contributed by atoms with Gasteiger partial charge in [-0.1, -0.05) is 30.3 Å². The van der Waals surface area contributed by atoms with E-state index in [-0.39, 0.29) is 23.8 Å². The Kier molecular flexibility index (Phi) is 7.41. The first kappa shape index (κ1) is 22.6. The van der Waals surface area contributed by atoms with E-state index < -0.39 is 0 Å². The summed E-state index contributed by atoms with van der Waals surface area (Å²) < 4.78 is 0. The van der Waals surface area contributed by atoms with E-state index in [1.165, 1.54) is 0 Å². The minimum absolute atomic E-state index is 0.00730. The summed E-state index contributed by atoms with van der Waals surface area (Å²) in [5.74, 6) is 0.107. The van der Waals surface area contributed by atoms with Gasteiger partial charge in [0.1, 0.15) is 0 Å². The van der Waals surface area contributed by atoms with Gasteiger partial charge >= 0.3 is 0 Å². The summed E-state index contributed by atoms with van der Waals surface area (Å²) >= 11 is 0. The third kappa shape index (κ3) is 6.01. The van der Waals surface area contributed by atoms with Gasteiger partial charge in [-0.05, 0) is 61.6 Å². The van der Waals surface area contributed by atoms with E-state index in [0.717, 1.165) is 37.2 Å². The van der Waals surface area contributed by atoms with Gasteiger partial charge in [0.2, 0.25) is 11.8 Å². The summed E-state index contributed by atoms with van der Waals surface area (Å²) in [6.07, 6.45) is 6.70. The van der Waals surface area contributed by atoms with E-state index in [0.29, 0.717) is 31.5 Å². The predicted molar refractivity (Wildman–Crippen MR) is 129 cm³/mol. The molecule has 0 radical (unpaired) electrons. The van der Waals surface area contributed by atoms with Gasteiger partial charge in [-0.3, -0.25) is 9.59 Å². The highest BCUT2D eigenvalue weighted by Crippen LogP contribution is 2.22. The highest BCUT2D eigenvalue weighted by atomic mass is 16.2. The third-order valence-electron chi connectivity index (χ3n) is 6.60. The fraction of sp³-hybridized carbons (Fsp3) is 0.370. The molecule has 1 N–H and O–H groups in total. The van der Waals surface area contributed by atoms with Crippen molar-refractivity contribution in [1.82, 2.24) is 10.2 Å². The first-order valence-electron chi connectivity index (χ1n) is 11.7. The van der Waals surface area contributed by atoms with Crippen LogP contribution in [0.2, 0.25) is 0 Å². The number of nitrogens with zero attached hydrogens (tertiary/aromatic N) is 3. The standard InChI is InChI=1S/C27H30N4O2/c28-20-22-6-9-25(10-7-22)30-18-14-24(15-19-30)29-27(33)23-12-16-31(17-13-23)26(32)11-8-21-4-2-1-3-5-21/h1-11,23-24H,12-19H2,(H,29,33)/b11-8+. The maximum atomic E-state index is 12.8. The number of hydrogen-bond donors (Lipinski definition) is 1. The molecule has 0 saturated carbocycles. The number of carbonyl (C=O) groups is 2. The van der Waals surface area contributed by atoms with Crippen molar-refractivity contribution in [2.45, 2.75) is 31.7 Å². The van der Waals surface area contributed by atoms with Crippen molar-refractivity contribution in [3.63, 3.8) is 0 Å². The first-order valence-corrected chi connectivity index (χ1v) is 11.7. The van der Waals surface area contributed by atoms with E-state index in [9.17, 15) is 9.59 Å². The van der Waals surface area contributed by atoms with Gasteiger partial charge in [0.15, 0.2) is 0 Å². The summed E-state index contributed by atoms with van der Waals surface area (Å²) in [6, 6.07) is 19.8. The molecule has 6 heteroatoms. The Balaban J connectivity index is 1.19. The summed E-state index contributed by atoms with van der Waals surface area (Å²) in [6.45, 7) is 3.01. The molecule has 2 saturated heterocycles. The fourth-order valence-electron chi connectivity index (χ4n) is 4.55. The van der Waals surface area contributed by atoms with Crippen molar-refractivity contribution in [2.24, 2.45) is 5.92 Å². The van der Waals surface area contributed by atoms with Crippen molar-refractivity contribution in [2.75, 3.05) is 31.1 Å². The Hall–Kier alpha value is -3.59. The Labute approximate surface area is 195 Å². The molecule has 2 fully saturated rings. The Morgan fingerprint density at radius 1 is 0.909 bits per heavy atom. The molecular weight excluding hydrogens is 412 g/mol. The number of benzene rings is 2. The zero-order chi connectivity index (χ0) is 23.0. The molecule has 170 valence electrons. The maximum Gasteiger partial charge on any atom is 0.246 e. The van der Waals surface area contributed by atoms with Crippen molar-refractivity contribution < 1.29 is 9.59 Å². The van der Waals surface area contributed by atoms with Crippen molar-refractivity contribution in [3.05, 3.63) is 71.8 Å². The van der Waals surface area contributed by atoms with E-state index in [1.807, 2.05) is 65.6 Å². The van der Waals surface area contributed by atoms with Gasteiger partial charge < -0.3 is 15.1 Å². The molecule has 0 bridgehead atoms. The summed E-state index contributed by atoms with van der Waals surface area (Å²) in [7, 11) is 0. The Bertz CT molecular complexity index is 1010. The van der Waals surface area contributed by atoms with Gasteiger partial charge in [0.05, 0.1) is 11.6 Å². The summed E-state index contributed by atoms with van der Waals surface area (Å²) in [5, 5.41) is 12.2. The number of hydrogen-bond acceptors (Lipinski definition) is 4. The lowest BCUT2D eigenvalue weighted by Crippen LogP contribution is -2.48. The highest BCUT2D eigenvalue weighted by molar-refractivity contribution is 5.92. The van der Waals surface area contributed by atoms with Crippen molar-refractivity contribution >= 4 is 23.6 Å². The van der Waals surface area contributed by atoms with Crippen LogP contribution in [0.1, 0.15) is 36.8 Å². The minimum Gasteiger partial charge on any atom is -0.371 e. The quantitative estimate of drug-likeness (QED) is 0.718. The van der Waals surface area contributed by atoms with E-state index >= 15 is 0 Å². The second-order valence-electron chi connectivity index (χ2n) is 8.77. The minimum atomic E-state index is -0.0243. The topological polar surface area (TPSA) is 76.4 Å². The van der Waals surface area contributed by atoms with Crippen LogP contribution in [0.5, 0.6) is 0 Å². The monoisotopic (exact) mass is 442 g/mol. The molecule has 0 aliphatic carbocycles. The molecular formula is C27H30N4O2. The summed E-state index contributed by atoms with van der Waals surface area (Å²) in [4.78, 5) is 29.4. The van der Waals surface area contributed by atoms with Crippen LogP contribution in [0.25, 0.3) is 6.08 Å². The number of carbonyl (C=O) groups excluding carboxylic acids is 2. The van der Waals surface area contributed by atoms with Crippen molar-refractivity contribution in [1.29, 1.82) is 5.26 Å². The largest absolute Gasteiger partial charge is 0.371 e. The van der Waals surface area contributed by atoms with Gasteiger partial charge in [-0.15, -0.1) is 0 Å². The molecule has 2 aliphatic rings. The smallest absolute Gasteiger partial charge is 0.246 e. The molecule has 2 aromatic carbocycles. The number of rotatable bonds is 5. The fourth-order valence-corrected chi connectivity index (χ4v) is 4.55. The van der Waals surface area contributed by atoms with Crippen LogP contribution in [0.15, 0.2) is 60.7 Å². The van der Waals surface area contributed by atoms with E-state index in [1.54, 1.807) is 6.08 Å². The van der Waals surface area contributed by atoms with Gasteiger partial charge in [-0.2, -0.15) is 5.26 Å². The number of piperidine rings is 2. The lowest BCUT2D eigenvalue weighted by molar-refractivity contribution is -0.132. The van der Waals surface area contributed by atoms with E-state index in [2.05, 4.69) is 16.3 Å². The maximum absolute atomic E-state index is 12.8. The molecule has 2 heterocycles. The molecule has 4 rings (SSSR count). The normalized spacial score (nSPS) is 17.7. The molecule has 0 aromatic heterocycles. The van der Waals surface area contributed by atoms with Gasteiger partial charge in [0.25, 0.3) is 0 Å². The van der Waals surface area contributed by atoms with Crippen LogP contribution >= 0.6 is 0 Å². The van der Waals surface area contributed by atoms with E-state index in [4.69, 9.17) is 5.26 Å². The number of nitriles is 1. The second kappa shape index (κ2) is 10.8. The number of anilines is 1. The van der Waals surface area contributed by atoms with Crippen LogP contribution in [-0.4, -0.2) is 48.9 Å². The zero-order valence-corrected chi connectivity index (χ0v) is 18.8. The molecule has 2 amide bonds. The molecule has 2 aliphatic heterocycles. The number of likely N-dealkylation sites (tertiary alicyclic amines) is 1. The highest BCUT2D eigenvalue weighted by Gasteiger charge is 2.29. The Morgan fingerprint density at radius 3 is 2.21 bits per heavy atom. The molecule has 0 unspecified atom stereocenters. The van der Waals surface area contributed by atoms with Crippen LogP contribution in [0, 0.1) is 17.2 Å². The SMILES string of the molecule is N#Cc1ccc(N2CCC(NC(=O)C3CCN(C(=O)/C=C/c4ccccc4)CC3)CC2)cc1. The van der Waals surface area contributed by atoms with Gasteiger partial charge in [0, 0.05) is 49.9 Å². The zero-order valence-electron chi connectivity index (χ0n) is 18.8. The molecule has 0 spiro atoms. The Morgan fingerprint density at radius 2 is 1.58 bits per heavy atom. The van der Waals surface area contributed by atoms with Crippen molar-refractivity contribution in [3.8, 4) is 6.07 Å². The van der Waals surface area contributed by atoms with Crippen LogP contribution in [-0.2, 0) is 9.59 Å². The molecule has 2 aromatic rings. The average Bonchev–Trinajstić information content (AvgIpc) is 2.88. The number of amides is 2. The predicted octanol–water partition coefficient (Wildman–Crippen LogP) is 3.60. The van der Waals surface area contributed by atoms with Gasteiger partial charge in [-0.25, -0.2) is 0 Å². The average molecular weight is 443 g/mol.